The molecule has 4 aliphatic rings. The van der Waals surface area contributed by atoms with Gasteiger partial charge in [-0.1, -0.05) is 44.5 Å². The minimum absolute atomic E-state index is 0.0898. The highest BCUT2D eigenvalue weighted by molar-refractivity contribution is 7.90. The minimum Gasteiger partial charge on any atom is -0.490 e. The molecule has 1 aliphatic carbocycles. The van der Waals surface area contributed by atoms with Crippen LogP contribution in [0.3, 0.4) is 0 Å². The second-order valence-corrected chi connectivity index (χ2v) is 17.8. The van der Waals surface area contributed by atoms with Gasteiger partial charge < -0.3 is 14.5 Å². The summed E-state index contributed by atoms with van der Waals surface area (Å²) in [5, 5.41) is -0.311. The number of hydrogen-bond acceptors (Lipinski definition) is 7. The van der Waals surface area contributed by atoms with Crippen molar-refractivity contribution in [2.24, 2.45) is 11.8 Å². The third kappa shape index (κ3) is 7.28. The summed E-state index contributed by atoms with van der Waals surface area (Å²) in [6, 6.07) is 9.81. The number of amides is 2. The second kappa shape index (κ2) is 14.5. The van der Waals surface area contributed by atoms with Crippen LogP contribution in [0.25, 0.3) is 0 Å². The molecule has 5 atom stereocenters. The van der Waals surface area contributed by atoms with Crippen molar-refractivity contribution in [2.45, 2.75) is 89.0 Å². The number of rotatable bonds is 3. The molecule has 3 aliphatic heterocycles. The largest absolute Gasteiger partial charge is 0.490 e. The van der Waals surface area contributed by atoms with Crippen molar-refractivity contribution in [1.82, 2.24) is 14.5 Å². The van der Waals surface area contributed by atoms with Gasteiger partial charge in [0.05, 0.1) is 17.5 Å². The molecule has 2 bridgehead atoms. The van der Waals surface area contributed by atoms with Crippen LogP contribution in [0.15, 0.2) is 48.3 Å². The van der Waals surface area contributed by atoms with E-state index in [0.29, 0.717) is 49.2 Å². The quantitative estimate of drug-likeness (QED) is 0.408. The molecule has 3 heterocycles. The number of fused-ring (bicyclic) bond motifs is 4. The number of aryl methyl sites for hydroxylation is 1. The summed E-state index contributed by atoms with van der Waals surface area (Å²) >= 11 is 6.44. The Balaban J connectivity index is 1.48. The van der Waals surface area contributed by atoms with Crippen molar-refractivity contribution < 1.29 is 27.1 Å². The highest BCUT2D eigenvalue weighted by Crippen LogP contribution is 2.45. The first-order chi connectivity index (χ1) is 23.7. The number of likely N-dealkylation sites (N-methyl/N-ethyl adjacent to an activating group) is 1. The van der Waals surface area contributed by atoms with Gasteiger partial charge in [0.1, 0.15) is 17.6 Å². The van der Waals surface area contributed by atoms with Crippen LogP contribution < -0.4 is 14.4 Å². The number of nitrogens with one attached hydrogen (secondary N) is 1. The van der Waals surface area contributed by atoms with E-state index >= 15 is 4.39 Å². The maximum absolute atomic E-state index is 16.6. The number of carbonyl (C=O) groups is 2. The summed E-state index contributed by atoms with van der Waals surface area (Å²) in [4.78, 5) is 33.5. The Morgan fingerprint density at radius 2 is 1.96 bits per heavy atom. The Kier molecular flexibility index (Phi) is 10.6. The number of benzene rings is 2. The predicted molar refractivity (Wildman–Crippen MR) is 195 cm³/mol. The molecule has 2 amide bonds. The number of hydrogen-bond donors (Lipinski definition) is 1. The molecule has 1 spiro atoms. The number of sulfonamides is 1. The Morgan fingerprint density at radius 1 is 1.18 bits per heavy atom. The van der Waals surface area contributed by atoms with Gasteiger partial charge in [-0.3, -0.25) is 14.5 Å². The van der Waals surface area contributed by atoms with Gasteiger partial charge in [-0.05, 0) is 105 Å². The van der Waals surface area contributed by atoms with Crippen molar-refractivity contribution in [3.8, 4) is 5.75 Å². The van der Waals surface area contributed by atoms with Crippen LogP contribution in [0.2, 0.25) is 5.02 Å². The zero-order valence-electron chi connectivity index (χ0n) is 29.8. The van der Waals surface area contributed by atoms with E-state index < -0.39 is 44.4 Å². The van der Waals surface area contributed by atoms with Crippen molar-refractivity contribution >= 4 is 39.1 Å². The fourth-order valence-corrected chi connectivity index (χ4v) is 9.84. The summed E-state index contributed by atoms with van der Waals surface area (Å²) in [6.45, 7) is 9.74. The van der Waals surface area contributed by atoms with Crippen LogP contribution in [0, 0.1) is 11.8 Å². The second-order valence-electron chi connectivity index (χ2n) is 15.3. The predicted octanol–water partition coefficient (Wildman–Crippen LogP) is 6.10. The molecule has 272 valence electrons. The molecule has 12 heteroatoms. The minimum atomic E-state index is -4.12. The topological polar surface area (TPSA) is 99.3 Å². The van der Waals surface area contributed by atoms with Gasteiger partial charge in [0.25, 0.3) is 5.91 Å². The SMILES string of the molecule is CC(C)CN(C)C(=O)[C@H]1/C(F)=C/C[C@H](C)[C@@H](C)S(=O)(=O)NC(=O)c2ccc3c(c2)N(C[C@@H]2CCCN21)C[C@@]1(CCCc2cc(Cl)ccc21)CO3. The van der Waals surface area contributed by atoms with Crippen molar-refractivity contribution in [3.05, 3.63) is 70.0 Å². The van der Waals surface area contributed by atoms with E-state index in [9.17, 15) is 18.0 Å². The fraction of sp³-hybridized carbons (Fsp3) is 0.579. The van der Waals surface area contributed by atoms with Gasteiger partial charge in [0.2, 0.25) is 15.9 Å². The van der Waals surface area contributed by atoms with Gasteiger partial charge in [-0.2, -0.15) is 0 Å². The first-order valence-electron chi connectivity index (χ1n) is 17.9. The Labute approximate surface area is 301 Å². The molecule has 0 unspecified atom stereocenters. The Morgan fingerprint density at radius 3 is 2.72 bits per heavy atom. The molecule has 2 aromatic rings. The lowest BCUT2D eigenvalue weighted by molar-refractivity contribution is -0.135. The summed E-state index contributed by atoms with van der Waals surface area (Å²) in [5.74, 6) is -1.34. The lowest BCUT2D eigenvalue weighted by atomic mass is 9.70. The third-order valence-electron chi connectivity index (χ3n) is 11.2. The first-order valence-corrected chi connectivity index (χ1v) is 19.8. The zero-order chi connectivity index (χ0) is 36.0. The number of halogens is 2. The average Bonchev–Trinajstić information content (AvgIpc) is 3.45. The monoisotopic (exact) mass is 728 g/mol. The van der Waals surface area contributed by atoms with Crippen LogP contribution >= 0.6 is 11.6 Å². The molecule has 0 radical (unpaired) electrons. The van der Waals surface area contributed by atoms with Gasteiger partial charge in [0.15, 0.2) is 0 Å². The molecule has 1 N–H and O–H groups in total. The van der Waals surface area contributed by atoms with Gasteiger partial charge in [0, 0.05) is 48.7 Å². The van der Waals surface area contributed by atoms with Gasteiger partial charge >= 0.3 is 0 Å². The molecule has 2 aromatic carbocycles. The number of anilines is 1. The van der Waals surface area contributed by atoms with E-state index in [0.717, 1.165) is 32.1 Å². The highest BCUT2D eigenvalue weighted by Gasteiger charge is 2.45. The number of carbonyl (C=O) groups excluding carboxylic acids is 2. The number of ether oxygens (including phenoxy) is 1. The fourth-order valence-electron chi connectivity index (χ4n) is 8.36. The summed E-state index contributed by atoms with van der Waals surface area (Å²) in [5.41, 5.74) is 2.86. The molecule has 1 fully saturated rings. The summed E-state index contributed by atoms with van der Waals surface area (Å²) in [6.07, 6.45) is 5.78. The maximum atomic E-state index is 16.6. The molecule has 0 aromatic heterocycles. The standard InChI is InChI=1S/C38H50ClFN4O5S/c1-24(2)20-42(5)37(46)35-32(40)14-10-25(3)26(4)50(47,48)41-36(45)28-11-15-34-33(19-28)43(21-30-9-7-17-44(30)35)22-38(23-49-34)16-6-8-27-18-29(39)12-13-31(27)38/h11-15,18-19,24-26,30,35H,6-10,16-17,20-23H2,1-5H3,(H,41,45)/b32-14-/t25-,26+,30-,35+,38-/m0/s1. The number of allylic oxidation sites excluding steroid dienone is 1. The number of nitrogens with zero attached hydrogens (tertiary/aromatic N) is 3. The molecule has 0 saturated carbocycles. The highest BCUT2D eigenvalue weighted by atomic mass is 35.5. The Bertz CT molecular complexity index is 1770. The van der Waals surface area contributed by atoms with E-state index in [-0.39, 0.29) is 29.9 Å². The van der Waals surface area contributed by atoms with Crippen molar-refractivity contribution in [2.75, 3.05) is 44.7 Å². The van der Waals surface area contributed by atoms with E-state index in [1.54, 1.807) is 37.1 Å². The van der Waals surface area contributed by atoms with Crippen molar-refractivity contribution in [1.29, 1.82) is 0 Å². The van der Waals surface area contributed by atoms with Crippen LogP contribution in [0.4, 0.5) is 10.1 Å². The van der Waals surface area contributed by atoms with Crippen LogP contribution in [0.1, 0.15) is 81.3 Å². The molecule has 9 nitrogen and oxygen atoms in total. The average molecular weight is 729 g/mol. The van der Waals surface area contributed by atoms with E-state index in [1.807, 2.05) is 30.9 Å². The van der Waals surface area contributed by atoms with Crippen LogP contribution in [0.5, 0.6) is 5.75 Å². The van der Waals surface area contributed by atoms with E-state index in [4.69, 9.17) is 16.3 Å². The summed E-state index contributed by atoms with van der Waals surface area (Å²) < 4.78 is 52.3. The molecule has 1 saturated heterocycles. The van der Waals surface area contributed by atoms with Crippen molar-refractivity contribution in [3.63, 3.8) is 0 Å². The maximum Gasteiger partial charge on any atom is 0.264 e. The van der Waals surface area contributed by atoms with E-state index in [2.05, 4.69) is 15.7 Å². The van der Waals surface area contributed by atoms with Crippen LogP contribution in [-0.4, -0.2) is 87.2 Å². The summed E-state index contributed by atoms with van der Waals surface area (Å²) in [7, 11) is -2.40. The molecule has 6 rings (SSSR count). The molecular formula is C38H50ClFN4O5S. The zero-order valence-corrected chi connectivity index (χ0v) is 31.3. The molecule has 50 heavy (non-hydrogen) atoms. The molecular weight excluding hydrogens is 679 g/mol. The lowest BCUT2D eigenvalue weighted by Gasteiger charge is -2.42. The lowest BCUT2D eigenvalue weighted by Crippen LogP contribution is -2.54. The third-order valence-corrected chi connectivity index (χ3v) is 13.4. The first kappa shape index (κ1) is 36.6. The Hall–Kier alpha value is -3.15. The normalized spacial score (nSPS) is 29.6. The smallest absolute Gasteiger partial charge is 0.264 e. The van der Waals surface area contributed by atoms with Gasteiger partial charge in [-0.25, -0.2) is 17.5 Å². The van der Waals surface area contributed by atoms with E-state index in [1.165, 1.54) is 24.1 Å². The van der Waals surface area contributed by atoms with Crippen LogP contribution in [-0.2, 0) is 26.7 Å². The van der Waals surface area contributed by atoms with Gasteiger partial charge in [-0.15, -0.1) is 0 Å².